The monoisotopic (exact) mass is 642 g/mol. The summed E-state index contributed by atoms with van der Waals surface area (Å²) >= 11 is 0.810. The predicted molar refractivity (Wildman–Crippen MR) is 207 cm³/mol. The molecule has 2 aliphatic rings. The summed E-state index contributed by atoms with van der Waals surface area (Å²) in [7, 11) is 0. The summed E-state index contributed by atoms with van der Waals surface area (Å²) in [5.74, 6) is 0. The van der Waals surface area contributed by atoms with Crippen LogP contribution >= 0.6 is 0 Å². The zero-order chi connectivity index (χ0) is 32.7. The number of nitrogens with zero attached hydrogens (tertiary/aromatic N) is 3. The Morgan fingerprint density at radius 1 is 0.510 bits per heavy atom. The van der Waals surface area contributed by atoms with Crippen LogP contribution < -0.4 is 4.43 Å². The van der Waals surface area contributed by atoms with Gasteiger partial charge in [-0.1, -0.05) is 114 Å². The average molecular weight is 643 g/mol. The molecule has 2 aliphatic heterocycles. The van der Waals surface area contributed by atoms with Crippen molar-refractivity contribution in [2.24, 2.45) is 0 Å². The van der Waals surface area contributed by atoms with E-state index in [1.807, 2.05) is 0 Å². The van der Waals surface area contributed by atoms with Gasteiger partial charge in [-0.25, -0.2) is 9.97 Å². The molecule has 0 atom stereocenters. The number of nitrogens with one attached hydrogen (secondary N) is 1. The van der Waals surface area contributed by atoms with Crippen LogP contribution in [-0.4, -0.2) is 35.8 Å². The van der Waals surface area contributed by atoms with Crippen LogP contribution in [0.3, 0.4) is 0 Å². The summed E-state index contributed by atoms with van der Waals surface area (Å²) in [6, 6.07) is 53.6. The molecule has 7 aromatic rings. The lowest BCUT2D eigenvalue weighted by atomic mass is 9.93. The Labute approximate surface area is 292 Å². The summed E-state index contributed by atoms with van der Waals surface area (Å²) in [5, 5.41) is 0. The molecule has 3 aromatic heterocycles. The minimum absolute atomic E-state index is 0.810. The van der Waals surface area contributed by atoms with Gasteiger partial charge in [0.2, 0.25) is 0 Å². The van der Waals surface area contributed by atoms with Gasteiger partial charge in [0.15, 0.2) is 0 Å². The maximum absolute atomic E-state index is 5.50. The summed E-state index contributed by atoms with van der Waals surface area (Å²) < 4.78 is 3.75. The minimum atomic E-state index is 0.810. The lowest BCUT2D eigenvalue weighted by Crippen LogP contribution is -2.04. The normalized spacial score (nSPS) is 12.2. The van der Waals surface area contributed by atoms with Gasteiger partial charge in [0.1, 0.15) is 0 Å². The topological polar surface area (TPSA) is 46.5 Å². The summed E-state index contributed by atoms with van der Waals surface area (Å²) in [5.41, 5.74) is 15.8. The van der Waals surface area contributed by atoms with Crippen LogP contribution in [0.1, 0.15) is 28.3 Å². The number of hydrogen-bond donors (Lipinski definition) is 1. The third-order valence-corrected chi connectivity index (χ3v) is 10.3. The molecule has 0 radical (unpaired) electrons. The number of benzene rings is 4. The van der Waals surface area contributed by atoms with E-state index in [0.717, 1.165) is 89.1 Å². The second kappa shape index (κ2) is 12.2. The fraction of sp³-hybridized carbons (Fsp3) is 0. The van der Waals surface area contributed by atoms with Gasteiger partial charge in [0.05, 0.1) is 28.3 Å². The molecule has 4 nitrogen and oxygen atoms in total. The smallest absolute Gasteiger partial charge is 0.263 e. The molecule has 0 spiro atoms. The number of rotatable bonds is 4. The first-order valence-corrected chi connectivity index (χ1v) is 17.6. The highest BCUT2D eigenvalue weighted by molar-refractivity contribution is 6.43. The molecule has 0 saturated carbocycles. The van der Waals surface area contributed by atoms with E-state index in [0.29, 0.717) is 0 Å². The fourth-order valence-electron chi connectivity index (χ4n) is 7.06. The third-order valence-electron chi connectivity index (χ3n) is 9.25. The molecule has 0 amide bonds. The summed E-state index contributed by atoms with van der Waals surface area (Å²) in [4.78, 5) is 14.1. The van der Waals surface area contributed by atoms with E-state index in [9.17, 15) is 0 Å². The molecule has 4 aromatic carbocycles. The van der Waals surface area contributed by atoms with Crippen LogP contribution in [0.2, 0.25) is 0 Å². The Balaban J connectivity index is 1.58. The molecule has 0 fully saturated rings. The Bertz CT molecular complexity index is 2580. The zero-order valence-corrected chi connectivity index (χ0v) is 29.0. The van der Waals surface area contributed by atoms with Gasteiger partial charge >= 0.3 is 0 Å². The van der Waals surface area contributed by atoms with Crippen molar-refractivity contribution < 1.29 is 0 Å². The van der Waals surface area contributed by atoms with Gasteiger partial charge in [-0.3, -0.25) is 0 Å². The van der Waals surface area contributed by atoms with Crippen molar-refractivity contribution in [3.05, 3.63) is 180 Å². The van der Waals surface area contributed by atoms with Crippen LogP contribution in [0, 0.1) is 0 Å². The van der Waals surface area contributed by atoms with Gasteiger partial charge in [-0.05, 0) is 82.9 Å². The maximum Gasteiger partial charge on any atom is 0.263 e. The highest BCUT2D eigenvalue weighted by Crippen LogP contribution is 2.42. The van der Waals surface area contributed by atoms with Crippen molar-refractivity contribution >= 4 is 66.6 Å². The number of H-pyrrole nitrogens is 1. The number of aromatic nitrogens is 4. The first-order valence-electron chi connectivity index (χ1n) is 16.6. The first-order chi connectivity index (χ1) is 24.2. The summed E-state index contributed by atoms with van der Waals surface area (Å²) in [6.07, 6.45) is 6.44. The van der Waals surface area contributed by atoms with E-state index >= 15 is 0 Å². The number of para-hydroxylation sites is 1. The maximum atomic E-state index is 5.50. The van der Waals surface area contributed by atoms with Crippen LogP contribution in [0.15, 0.2) is 152 Å². The van der Waals surface area contributed by atoms with Gasteiger partial charge in [-0.2, -0.15) is 0 Å². The van der Waals surface area contributed by atoms with E-state index in [2.05, 4.69) is 179 Å². The van der Waals surface area contributed by atoms with Crippen LogP contribution in [0.5, 0.6) is 0 Å². The molecular weight excluding hydrogens is 611 g/mol. The molecule has 8 bridgehead atoms. The lowest BCUT2D eigenvalue weighted by Gasteiger charge is -2.15. The van der Waals surface area contributed by atoms with Gasteiger partial charge in [0.25, 0.3) is 16.3 Å². The van der Waals surface area contributed by atoms with Gasteiger partial charge < -0.3 is 9.55 Å². The molecule has 0 aliphatic carbocycles. The van der Waals surface area contributed by atoms with Crippen molar-refractivity contribution in [3.63, 3.8) is 0 Å². The average Bonchev–Trinajstić information content (AvgIpc) is 3.94. The zero-order valence-electron chi connectivity index (χ0n) is 27.0. The second-order valence-corrected chi connectivity index (χ2v) is 13.4. The van der Waals surface area contributed by atoms with E-state index in [1.165, 1.54) is 15.6 Å². The molecule has 49 heavy (non-hydrogen) atoms. The Kier molecular flexibility index (Phi) is 7.28. The fourth-order valence-corrected chi connectivity index (χ4v) is 7.95. The molecule has 5 heteroatoms. The third kappa shape index (κ3) is 5.36. The van der Waals surface area contributed by atoms with Crippen molar-refractivity contribution in [1.82, 2.24) is 19.5 Å². The van der Waals surface area contributed by atoms with Crippen molar-refractivity contribution in [2.75, 3.05) is 0 Å². The van der Waals surface area contributed by atoms with Gasteiger partial charge in [0, 0.05) is 33.4 Å². The standard InChI is InChI=1S/C44H29N4.Al.2H/c1-5-13-30(14-6-1)40-28-37-26-35-22-21-33(45-35)25-34-23-24-36(46-34)27-39-29-41(31-15-7-2-8-16-31)44(48(39)38-19-11-4-12-20-38)42(43(40)47-37)32-17-9-3-10-18-32;;;/h1-28,45H;;;. The largest absolute Gasteiger partial charge is 0.355 e. The SMILES string of the molecule is [AlH2][c]1c(-c2ccccc2)c2c(-c3ccccc3)c3nc(cc4ccc(cc5nc(cc1n2-c1ccccc1)C=C5)[nH]4)C=C3c1ccccc1. The molecule has 1 N–H and O–H groups in total. The van der Waals surface area contributed by atoms with Crippen LogP contribution in [0.25, 0.3) is 73.8 Å². The van der Waals surface area contributed by atoms with Crippen molar-refractivity contribution in [3.8, 4) is 27.9 Å². The van der Waals surface area contributed by atoms with E-state index in [1.54, 1.807) is 0 Å². The molecule has 0 saturated heterocycles. The van der Waals surface area contributed by atoms with E-state index in [-0.39, 0.29) is 0 Å². The van der Waals surface area contributed by atoms with E-state index in [4.69, 9.17) is 9.97 Å². The highest BCUT2D eigenvalue weighted by atomic mass is 27.0. The number of aromatic amines is 1. The second-order valence-electron chi connectivity index (χ2n) is 12.4. The molecule has 9 rings (SSSR count). The Morgan fingerprint density at radius 2 is 1.04 bits per heavy atom. The van der Waals surface area contributed by atoms with Crippen LogP contribution in [-0.2, 0) is 0 Å². The van der Waals surface area contributed by atoms with Gasteiger partial charge in [-0.15, -0.1) is 0 Å². The number of fused-ring (bicyclic) bond motifs is 8. The molecule has 5 heterocycles. The van der Waals surface area contributed by atoms with Crippen molar-refractivity contribution in [1.29, 1.82) is 0 Å². The number of hydrogen-bond acceptors (Lipinski definition) is 2. The molecule has 230 valence electrons. The minimum Gasteiger partial charge on any atom is -0.355 e. The van der Waals surface area contributed by atoms with Crippen LogP contribution in [0.4, 0.5) is 0 Å². The Hall–Kier alpha value is -5.99. The molecular formula is C44H31AlN4. The summed E-state index contributed by atoms with van der Waals surface area (Å²) in [6.45, 7) is 0. The lowest BCUT2D eigenvalue weighted by molar-refractivity contribution is 1.17. The van der Waals surface area contributed by atoms with E-state index < -0.39 is 0 Å². The Morgan fingerprint density at radius 3 is 1.67 bits per heavy atom. The molecule has 0 unspecified atom stereocenters. The highest BCUT2D eigenvalue weighted by Gasteiger charge is 2.25. The quantitative estimate of drug-likeness (QED) is 0.195. The first kappa shape index (κ1) is 29.2. The predicted octanol–water partition coefficient (Wildman–Crippen LogP) is 9.13. The van der Waals surface area contributed by atoms with Crippen molar-refractivity contribution in [2.45, 2.75) is 0 Å².